The Bertz CT molecular complexity index is 747. The van der Waals surface area contributed by atoms with Gasteiger partial charge >= 0.3 is 0 Å². The van der Waals surface area contributed by atoms with Crippen molar-refractivity contribution >= 4 is 17.5 Å². The molecule has 0 bridgehead atoms. The fourth-order valence-electron chi connectivity index (χ4n) is 2.35. The molecule has 0 atom stereocenters. The van der Waals surface area contributed by atoms with Crippen molar-refractivity contribution in [3.63, 3.8) is 0 Å². The van der Waals surface area contributed by atoms with Gasteiger partial charge in [-0.1, -0.05) is 36.4 Å². The van der Waals surface area contributed by atoms with Gasteiger partial charge in [-0.2, -0.15) is 0 Å². The number of hydrogen-bond acceptors (Lipinski definition) is 3. The van der Waals surface area contributed by atoms with Crippen molar-refractivity contribution in [1.82, 2.24) is 0 Å². The summed E-state index contributed by atoms with van der Waals surface area (Å²) < 4.78 is 0. The van der Waals surface area contributed by atoms with Crippen LogP contribution >= 0.6 is 0 Å². The highest BCUT2D eigenvalue weighted by Gasteiger charge is 2.32. The maximum absolute atomic E-state index is 12.4. The molecular weight excluding hydrogens is 242 g/mol. The van der Waals surface area contributed by atoms with Crippen molar-refractivity contribution in [3.8, 4) is 0 Å². The van der Waals surface area contributed by atoms with Crippen molar-refractivity contribution in [2.45, 2.75) is 0 Å². The lowest BCUT2D eigenvalue weighted by Gasteiger charge is -2.18. The average Bonchev–Trinajstić information content (AvgIpc) is 2.44. The first-order chi connectivity index (χ1) is 9.11. The molecule has 1 aliphatic carbocycles. The predicted molar refractivity (Wildman–Crippen MR) is 68.3 cm³/mol. The summed E-state index contributed by atoms with van der Waals surface area (Å²) in [6.07, 6.45) is 0. The molecule has 2 aromatic rings. The van der Waals surface area contributed by atoms with E-state index < -0.39 is 5.91 Å². The number of hydrogen-bond donors (Lipinski definition) is 1. The van der Waals surface area contributed by atoms with Crippen LogP contribution in [0.25, 0.3) is 0 Å². The first kappa shape index (κ1) is 11.3. The van der Waals surface area contributed by atoms with Crippen molar-refractivity contribution in [3.05, 3.63) is 70.3 Å². The molecule has 0 aromatic heterocycles. The molecule has 1 aliphatic rings. The van der Waals surface area contributed by atoms with Gasteiger partial charge in [0.15, 0.2) is 11.6 Å². The van der Waals surface area contributed by atoms with Gasteiger partial charge in [-0.25, -0.2) is 0 Å². The van der Waals surface area contributed by atoms with Crippen molar-refractivity contribution in [2.24, 2.45) is 5.73 Å². The number of ketones is 2. The van der Waals surface area contributed by atoms with E-state index in [-0.39, 0.29) is 28.3 Å². The standard InChI is InChI=1S/C15H9NO3/c16-15(19)11-7-3-6-10-12(11)14(18)9-5-2-1-4-8(9)13(10)17/h1-7H,(H2,16,19). The molecule has 0 aliphatic heterocycles. The minimum Gasteiger partial charge on any atom is -0.366 e. The zero-order valence-electron chi connectivity index (χ0n) is 9.84. The van der Waals surface area contributed by atoms with Crippen LogP contribution in [-0.4, -0.2) is 17.5 Å². The van der Waals surface area contributed by atoms with Gasteiger partial charge in [-0.15, -0.1) is 0 Å². The van der Waals surface area contributed by atoms with Gasteiger partial charge in [0.1, 0.15) is 0 Å². The van der Waals surface area contributed by atoms with E-state index in [1.807, 2.05) is 0 Å². The third kappa shape index (κ3) is 1.50. The second-order valence-electron chi connectivity index (χ2n) is 4.30. The first-order valence-electron chi connectivity index (χ1n) is 5.72. The number of carbonyl (C=O) groups excluding carboxylic acids is 3. The van der Waals surface area contributed by atoms with Gasteiger partial charge in [0.2, 0.25) is 5.91 Å². The van der Waals surface area contributed by atoms with Crippen LogP contribution < -0.4 is 5.73 Å². The Morgan fingerprint density at radius 2 is 1.37 bits per heavy atom. The van der Waals surface area contributed by atoms with Crippen molar-refractivity contribution in [1.29, 1.82) is 0 Å². The molecule has 0 fully saturated rings. The molecule has 2 N–H and O–H groups in total. The van der Waals surface area contributed by atoms with E-state index in [0.29, 0.717) is 11.1 Å². The van der Waals surface area contributed by atoms with Crippen molar-refractivity contribution in [2.75, 3.05) is 0 Å². The number of rotatable bonds is 1. The maximum Gasteiger partial charge on any atom is 0.249 e. The van der Waals surface area contributed by atoms with Crippen LogP contribution in [0.15, 0.2) is 42.5 Å². The molecule has 0 radical (unpaired) electrons. The molecule has 0 unspecified atom stereocenters. The van der Waals surface area contributed by atoms with E-state index in [1.165, 1.54) is 12.1 Å². The normalized spacial score (nSPS) is 12.8. The third-order valence-corrected chi connectivity index (χ3v) is 3.22. The second kappa shape index (κ2) is 3.88. The summed E-state index contributed by atoms with van der Waals surface area (Å²) in [6.45, 7) is 0. The highest BCUT2D eigenvalue weighted by Crippen LogP contribution is 2.29. The summed E-state index contributed by atoms with van der Waals surface area (Å²) in [5, 5.41) is 0. The van der Waals surface area contributed by atoms with Crippen LogP contribution in [0, 0.1) is 0 Å². The topological polar surface area (TPSA) is 77.2 Å². The summed E-state index contributed by atoms with van der Waals surface area (Å²) in [4.78, 5) is 36.1. The number of benzene rings is 2. The molecule has 92 valence electrons. The monoisotopic (exact) mass is 251 g/mol. The number of nitrogens with two attached hydrogens (primary N) is 1. The van der Waals surface area contributed by atoms with E-state index in [1.54, 1.807) is 30.3 Å². The van der Waals surface area contributed by atoms with E-state index in [4.69, 9.17) is 5.73 Å². The highest BCUT2D eigenvalue weighted by molar-refractivity contribution is 6.30. The lowest BCUT2D eigenvalue weighted by atomic mass is 9.82. The number of amides is 1. The SMILES string of the molecule is NC(=O)c1cccc2c1C(=O)c1ccccc1C2=O. The Labute approximate surface area is 108 Å². The number of primary amides is 1. The fraction of sp³-hybridized carbons (Fsp3) is 0. The molecule has 3 rings (SSSR count). The molecule has 4 nitrogen and oxygen atoms in total. The quantitative estimate of drug-likeness (QED) is 0.713. The Morgan fingerprint density at radius 3 is 2.00 bits per heavy atom. The molecule has 0 saturated carbocycles. The number of fused-ring (bicyclic) bond motifs is 2. The van der Waals surface area contributed by atoms with Gasteiger partial charge in [-0.05, 0) is 6.07 Å². The zero-order chi connectivity index (χ0) is 13.6. The van der Waals surface area contributed by atoms with Gasteiger partial charge < -0.3 is 5.73 Å². The highest BCUT2D eigenvalue weighted by atomic mass is 16.1. The van der Waals surface area contributed by atoms with E-state index in [2.05, 4.69) is 0 Å². The van der Waals surface area contributed by atoms with Gasteiger partial charge in [0.25, 0.3) is 0 Å². The second-order valence-corrected chi connectivity index (χ2v) is 4.30. The summed E-state index contributed by atoms with van der Waals surface area (Å²) in [5.74, 6) is -1.30. The predicted octanol–water partition coefficient (Wildman–Crippen LogP) is 1.56. The summed E-state index contributed by atoms with van der Waals surface area (Å²) in [5.41, 5.74) is 6.37. The van der Waals surface area contributed by atoms with Crippen LogP contribution in [0.2, 0.25) is 0 Å². The maximum atomic E-state index is 12.4. The summed E-state index contributed by atoms with van der Waals surface area (Å²) in [7, 11) is 0. The first-order valence-corrected chi connectivity index (χ1v) is 5.72. The molecule has 0 heterocycles. The lowest BCUT2D eigenvalue weighted by Crippen LogP contribution is -2.25. The Hall–Kier alpha value is -2.75. The largest absolute Gasteiger partial charge is 0.366 e. The molecule has 2 aromatic carbocycles. The molecule has 4 heteroatoms. The van der Waals surface area contributed by atoms with E-state index >= 15 is 0 Å². The van der Waals surface area contributed by atoms with Crippen LogP contribution in [0.4, 0.5) is 0 Å². The van der Waals surface area contributed by atoms with Crippen LogP contribution in [0.1, 0.15) is 42.2 Å². The fourth-order valence-corrected chi connectivity index (χ4v) is 2.35. The zero-order valence-corrected chi connectivity index (χ0v) is 9.84. The van der Waals surface area contributed by atoms with Gasteiger partial charge in [-0.3, -0.25) is 14.4 Å². The molecule has 0 saturated heterocycles. The Morgan fingerprint density at radius 1 is 0.789 bits per heavy atom. The average molecular weight is 251 g/mol. The van der Waals surface area contributed by atoms with Gasteiger partial charge in [0, 0.05) is 22.3 Å². The van der Waals surface area contributed by atoms with Crippen LogP contribution in [-0.2, 0) is 0 Å². The number of carbonyl (C=O) groups is 3. The molecule has 1 amide bonds. The minimum atomic E-state index is -0.711. The molecule has 19 heavy (non-hydrogen) atoms. The molecule has 0 spiro atoms. The smallest absolute Gasteiger partial charge is 0.249 e. The molecular formula is C15H9NO3. The summed E-state index contributed by atoms with van der Waals surface area (Å²) >= 11 is 0. The van der Waals surface area contributed by atoms with Crippen molar-refractivity contribution < 1.29 is 14.4 Å². The van der Waals surface area contributed by atoms with Gasteiger partial charge in [0.05, 0.1) is 5.56 Å². The van der Waals surface area contributed by atoms with E-state index in [9.17, 15) is 14.4 Å². The van der Waals surface area contributed by atoms with E-state index in [0.717, 1.165) is 0 Å². The lowest BCUT2D eigenvalue weighted by molar-refractivity contribution is 0.0964. The minimum absolute atomic E-state index is 0.0883. The van der Waals surface area contributed by atoms with Crippen LogP contribution in [0.5, 0.6) is 0 Å². The van der Waals surface area contributed by atoms with Crippen LogP contribution in [0.3, 0.4) is 0 Å². The Balaban J connectivity index is 2.36. The Kier molecular flexibility index (Phi) is 2.32. The third-order valence-electron chi connectivity index (χ3n) is 3.22. The summed E-state index contributed by atoms with van der Waals surface area (Å²) in [6, 6.07) is 11.1.